The number of para-hydroxylation sites is 1. The Bertz CT molecular complexity index is 806. The van der Waals surface area contributed by atoms with Gasteiger partial charge in [0, 0.05) is 17.2 Å². The van der Waals surface area contributed by atoms with E-state index >= 15 is 0 Å². The molecule has 0 bridgehead atoms. The molecule has 0 aliphatic heterocycles. The molecule has 1 N–H and O–H groups in total. The topological polar surface area (TPSA) is 58.6 Å². The van der Waals surface area contributed by atoms with Crippen molar-refractivity contribution in [3.05, 3.63) is 57.8 Å². The van der Waals surface area contributed by atoms with Crippen LogP contribution in [0.25, 0.3) is 0 Å². The Balaban J connectivity index is 1.89. The van der Waals surface area contributed by atoms with Crippen LogP contribution in [0.3, 0.4) is 0 Å². The van der Waals surface area contributed by atoms with E-state index in [0.717, 1.165) is 16.8 Å². The van der Waals surface area contributed by atoms with Gasteiger partial charge in [0.15, 0.2) is 18.2 Å². The van der Waals surface area contributed by atoms with Gasteiger partial charge in [-0.3, -0.25) is 9.59 Å². The van der Waals surface area contributed by atoms with Crippen LogP contribution >= 0.6 is 15.9 Å². The summed E-state index contributed by atoms with van der Waals surface area (Å²) in [7, 11) is 1.49. The zero-order valence-electron chi connectivity index (χ0n) is 14.8. The molecule has 5 nitrogen and oxygen atoms in total. The number of benzene rings is 2. The lowest BCUT2D eigenvalue weighted by Crippen LogP contribution is -2.37. The molecule has 7 heteroatoms. The van der Waals surface area contributed by atoms with Crippen molar-refractivity contribution in [3.63, 3.8) is 0 Å². The van der Waals surface area contributed by atoms with Gasteiger partial charge in [0.2, 0.25) is 5.91 Å². The molecule has 2 aromatic carbocycles. The van der Waals surface area contributed by atoms with E-state index < -0.39 is 11.7 Å². The van der Waals surface area contributed by atoms with Crippen molar-refractivity contribution in [2.45, 2.75) is 13.8 Å². The number of nitrogens with zero attached hydrogens (tertiary/aromatic N) is 1. The predicted molar refractivity (Wildman–Crippen MR) is 102 cm³/mol. The monoisotopic (exact) mass is 422 g/mol. The molecule has 0 heterocycles. The molecule has 0 saturated carbocycles. The first-order chi connectivity index (χ1) is 12.3. The van der Waals surface area contributed by atoms with Crippen molar-refractivity contribution in [2.24, 2.45) is 0 Å². The molecule has 138 valence electrons. The van der Waals surface area contributed by atoms with Crippen molar-refractivity contribution >= 4 is 33.4 Å². The average Bonchev–Trinajstić information content (AvgIpc) is 2.57. The number of ether oxygens (including phenoxy) is 1. The Morgan fingerprint density at radius 3 is 2.46 bits per heavy atom. The van der Waals surface area contributed by atoms with Crippen LogP contribution in [0.5, 0.6) is 5.75 Å². The third-order valence-corrected chi connectivity index (χ3v) is 4.29. The van der Waals surface area contributed by atoms with Gasteiger partial charge in [0.1, 0.15) is 0 Å². The third-order valence-electron chi connectivity index (χ3n) is 3.80. The van der Waals surface area contributed by atoms with Gasteiger partial charge in [-0.05, 0) is 43.2 Å². The first-order valence-corrected chi connectivity index (χ1v) is 8.75. The van der Waals surface area contributed by atoms with Crippen molar-refractivity contribution in [1.82, 2.24) is 4.90 Å². The number of anilines is 1. The molecule has 0 spiro atoms. The lowest BCUT2D eigenvalue weighted by molar-refractivity contribution is -0.135. The summed E-state index contributed by atoms with van der Waals surface area (Å²) in [6, 6.07) is 10.0. The van der Waals surface area contributed by atoms with Crippen molar-refractivity contribution in [1.29, 1.82) is 0 Å². The summed E-state index contributed by atoms with van der Waals surface area (Å²) in [6.07, 6.45) is 0. The third kappa shape index (κ3) is 5.29. The smallest absolute Gasteiger partial charge is 0.260 e. The van der Waals surface area contributed by atoms with Gasteiger partial charge in [0.25, 0.3) is 5.91 Å². The summed E-state index contributed by atoms with van der Waals surface area (Å²) in [5, 5.41) is 2.81. The highest BCUT2D eigenvalue weighted by molar-refractivity contribution is 9.10. The number of likely N-dealkylation sites (N-methyl/N-ethyl adjacent to an activating group) is 1. The second-order valence-corrected chi connectivity index (χ2v) is 6.84. The number of amides is 2. The molecule has 0 aliphatic rings. The first kappa shape index (κ1) is 19.9. The van der Waals surface area contributed by atoms with E-state index in [1.54, 1.807) is 6.07 Å². The number of hydrogen-bond acceptors (Lipinski definition) is 3. The summed E-state index contributed by atoms with van der Waals surface area (Å²) in [5.74, 6) is -1.32. The van der Waals surface area contributed by atoms with Crippen molar-refractivity contribution in [3.8, 4) is 5.75 Å². The summed E-state index contributed by atoms with van der Waals surface area (Å²) in [5.41, 5.74) is 2.63. The van der Waals surface area contributed by atoms with Crippen LogP contribution in [-0.2, 0) is 9.59 Å². The Morgan fingerprint density at radius 2 is 1.85 bits per heavy atom. The second-order valence-electron chi connectivity index (χ2n) is 5.93. The van der Waals surface area contributed by atoms with Gasteiger partial charge >= 0.3 is 0 Å². The average molecular weight is 423 g/mol. The standard InChI is InChI=1S/C19H20BrFN2O3/c1-12-5-4-6-13(2)19(12)22-17(24)10-23(3)18(25)11-26-16-8-7-14(20)9-15(16)21/h4-9H,10-11H2,1-3H3,(H,22,24). The minimum absolute atomic E-state index is 0.0186. The molecular weight excluding hydrogens is 403 g/mol. The second kappa shape index (κ2) is 8.80. The SMILES string of the molecule is Cc1cccc(C)c1NC(=O)CN(C)C(=O)COc1ccc(Br)cc1F. The van der Waals surface area contributed by atoms with Crippen LogP contribution in [0.15, 0.2) is 40.9 Å². The summed E-state index contributed by atoms with van der Waals surface area (Å²) < 4.78 is 19.5. The van der Waals surface area contributed by atoms with E-state index in [4.69, 9.17) is 4.74 Å². The molecule has 0 fully saturated rings. The highest BCUT2D eigenvalue weighted by atomic mass is 79.9. The molecular formula is C19H20BrFN2O3. The molecule has 0 aliphatic carbocycles. The minimum Gasteiger partial charge on any atom is -0.481 e. The van der Waals surface area contributed by atoms with Gasteiger partial charge in [-0.25, -0.2) is 4.39 Å². The Hall–Kier alpha value is -2.41. The lowest BCUT2D eigenvalue weighted by Gasteiger charge is -2.18. The quantitative estimate of drug-likeness (QED) is 0.772. The van der Waals surface area contributed by atoms with Gasteiger partial charge in [-0.2, -0.15) is 0 Å². The van der Waals surface area contributed by atoms with Crippen LogP contribution in [0, 0.1) is 19.7 Å². The van der Waals surface area contributed by atoms with Gasteiger partial charge in [-0.15, -0.1) is 0 Å². The fraction of sp³-hybridized carbons (Fsp3) is 0.263. The van der Waals surface area contributed by atoms with Gasteiger partial charge < -0.3 is 15.0 Å². The molecule has 2 aromatic rings. The summed E-state index contributed by atoms with van der Waals surface area (Å²) in [6.45, 7) is 3.32. The maximum absolute atomic E-state index is 13.7. The van der Waals surface area contributed by atoms with E-state index in [1.165, 1.54) is 24.1 Å². The van der Waals surface area contributed by atoms with E-state index in [0.29, 0.717) is 4.47 Å². The number of carbonyl (C=O) groups is 2. The minimum atomic E-state index is -0.567. The lowest BCUT2D eigenvalue weighted by atomic mass is 10.1. The maximum Gasteiger partial charge on any atom is 0.260 e. The van der Waals surface area contributed by atoms with E-state index in [1.807, 2.05) is 32.0 Å². The van der Waals surface area contributed by atoms with E-state index in [9.17, 15) is 14.0 Å². The molecule has 0 aromatic heterocycles. The van der Waals surface area contributed by atoms with Crippen molar-refractivity contribution in [2.75, 3.05) is 25.5 Å². The van der Waals surface area contributed by atoms with Crippen LogP contribution < -0.4 is 10.1 Å². The number of rotatable bonds is 6. The Kier molecular flexibility index (Phi) is 6.74. The molecule has 0 saturated heterocycles. The van der Waals surface area contributed by atoms with Gasteiger partial charge in [0.05, 0.1) is 6.54 Å². The van der Waals surface area contributed by atoms with Crippen LogP contribution in [0.1, 0.15) is 11.1 Å². The summed E-state index contributed by atoms with van der Waals surface area (Å²) >= 11 is 3.15. The Morgan fingerprint density at radius 1 is 1.19 bits per heavy atom. The molecule has 0 atom stereocenters. The van der Waals surface area contributed by atoms with Crippen LogP contribution in [0.2, 0.25) is 0 Å². The molecule has 2 amide bonds. The zero-order valence-corrected chi connectivity index (χ0v) is 16.4. The predicted octanol–water partition coefficient (Wildman–Crippen LogP) is 3.68. The number of aryl methyl sites for hydroxylation is 2. The number of hydrogen-bond donors (Lipinski definition) is 1. The number of carbonyl (C=O) groups excluding carboxylic acids is 2. The Labute approximate surface area is 160 Å². The number of nitrogens with one attached hydrogen (secondary N) is 1. The zero-order chi connectivity index (χ0) is 19.3. The van der Waals surface area contributed by atoms with E-state index in [2.05, 4.69) is 21.2 Å². The fourth-order valence-electron chi connectivity index (χ4n) is 2.34. The fourth-order valence-corrected chi connectivity index (χ4v) is 2.67. The molecule has 0 unspecified atom stereocenters. The maximum atomic E-state index is 13.7. The first-order valence-electron chi connectivity index (χ1n) is 7.96. The largest absolute Gasteiger partial charge is 0.481 e. The summed E-state index contributed by atoms with van der Waals surface area (Å²) in [4.78, 5) is 25.5. The molecule has 2 rings (SSSR count). The van der Waals surface area contributed by atoms with Crippen LogP contribution in [0.4, 0.5) is 10.1 Å². The van der Waals surface area contributed by atoms with E-state index in [-0.39, 0.29) is 24.8 Å². The highest BCUT2D eigenvalue weighted by Gasteiger charge is 2.16. The number of halogens is 2. The molecule has 0 radical (unpaired) electrons. The van der Waals surface area contributed by atoms with Crippen LogP contribution in [-0.4, -0.2) is 36.9 Å². The van der Waals surface area contributed by atoms with Gasteiger partial charge in [-0.1, -0.05) is 34.1 Å². The normalized spacial score (nSPS) is 10.3. The highest BCUT2D eigenvalue weighted by Crippen LogP contribution is 2.21. The molecule has 26 heavy (non-hydrogen) atoms. The van der Waals surface area contributed by atoms with Crippen molar-refractivity contribution < 1.29 is 18.7 Å².